The SMILES string of the molecule is CC(C)(C)c1cccc2c1C(CC1=CC=CC1)c1ccccc1-2. The fourth-order valence-electron chi connectivity index (χ4n) is 4.15. The third-order valence-electron chi connectivity index (χ3n) is 5.20. The summed E-state index contributed by atoms with van der Waals surface area (Å²) in [6.07, 6.45) is 9.04. The number of hydrogen-bond donors (Lipinski definition) is 0. The Labute approximate surface area is 139 Å². The van der Waals surface area contributed by atoms with Gasteiger partial charge in [0.1, 0.15) is 0 Å². The highest BCUT2D eigenvalue weighted by Gasteiger charge is 2.33. The summed E-state index contributed by atoms with van der Waals surface area (Å²) in [5.74, 6) is 0.503. The molecule has 2 aliphatic carbocycles. The average Bonchev–Trinajstić information content (AvgIpc) is 3.14. The van der Waals surface area contributed by atoms with Crippen molar-refractivity contribution in [1.82, 2.24) is 0 Å². The van der Waals surface area contributed by atoms with Gasteiger partial charge < -0.3 is 0 Å². The first kappa shape index (κ1) is 14.5. The Morgan fingerprint density at radius 2 is 1.74 bits per heavy atom. The van der Waals surface area contributed by atoms with Crippen LogP contribution in [0.5, 0.6) is 0 Å². The first-order valence-electron chi connectivity index (χ1n) is 8.63. The molecular formula is C23H24. The molecule has 4 rings (SSSR count). The summed E-state index contributed by atoms with van der Waals surface area (Å²) in [4.78, 5) is 0. The van der Waals surface area contributed by atoms with Gasteiger partial charge in [0.2, 0.25) is 0 Å². The highest BCUT2D eigenvalue weighted by Crippen LogP contribution is 2.51. The Balaban J connectivity index is 1.90. The van der Waals surface area contributed by atoms with E-state index in [0.29, 0.717) is 5.92 Å². The Bertz CT molecular complexity index is 812. The molecule has 0 aliphatic heterocycles. The Morgan fingerprint density at radius 3 is 2.48 bits per heavy atom. The van der Waals surface area contributed by atoms with Crippen molar-refractivity contribution in [2.24, 2.45) is 0 Å². The van der Waals surface area contributed by atoms with Crippen molar-refractivity contribution in [1.29, 1.82) is 0 Å². The van der Waals surface area contributed by atoms with E-state index in [1.165, 1.54) is 22.3 Å². The van der Waals surface area contributed by atoms with Gasteiger partial charge in [-0.25, -0.2) is 0 Å². The van der Waals surface area contributed by atoms with Crippen LogP contribution in [0.3, 0.4) is 0 Å². The van der Waals surface area contributed by atoms with Crippen molar-refractivity contribution in [2.75, 3.05) is 0 Å². The second-order valence-corrected chi connectivity index (χ2v) is 7.82. The predicted molar refractivity (Wildman–Crippen MR) is 98.9 cm³/mol. The molecule has 0 spiro atoms. The van der Waals surface area contributed by atoms with Crippen LogP contribution in [0.2, 0.25) is 0 Å². The zero-order valence-electron chi connectivity index (χ0n) is 14.3. The summed E-state index contributed by atoms with van der Waals surface area (Å²) in [6.45, 7) is 7.00. The van der Waals surface area contributed by atoms with Crippen LogP contribution in [0, 0.1) is 0 Å². The predicted octanol–water partition coefficient (Wildman–Crippen LogP) is 6.37. The van der Waals surface area contributed by atoms with Gasteiger partial charge in [-0.3, -0.25) is 0 Å². The zero-order chi connectivity index (χ0) is 16.0. The van der Waals surface area contributed by atoms with E-state index in [2.05, 4.69) is 81.5 Å². The molecule has 0 radical (unpaired) electrons. The van der Waals surface area contributed by atoms with Crippen LogP contribution in [0.25, 0.3) is 11.1 Å². The normalized spacial score (nSPS) is 18.7. The van der Waals surface area contributed by atoms with E-state index in [9.17, 15) is 0 Å². The summed E-state index contributed by atoms with van der Waals surface area (Å²) in [5.41, 5.74) is 9.19. The number of fused-ring (bicyclic) bond motifs is 3. The molecule has 0 saturated carbocycles. The number of allylic oxidation sites excluding steroid dienone is 4. The maximum atomic E-state index is 2.33. The quantitative estimate of drug-likeness (QED) is 0.604. The lowest BCUT2D eigenvalue weighted by atomic mass is 9.78. The van der Waals surface area contributed by atoms with Gasteiger partial charge >= 0.3 is 0 Å². The highest BCUT2D eigenvalue weighted by atomic mass is 14.4. The van der Waals surface area contributed by atoms with Crippen LogP contribution >= 0.6 is 0 Å². The van der Waals surface area contributed by atoms with E-state index in [-0.39, 0.29) is 5.41 Å². The number of benzene rings is 2. The molecule has 0 N–H and O–H groups in total. The van der Waals surface area contributed by atoms with Crippen LogP contribution in [-0.2, 0) is 5.41 Å². The lowest BCUT2D eigenvalue weighted by Crippen LogP contribution is -2.15. The van der Waals surface area contributed by atoms with E-state index in [4.69, 9.17) is 0 Å². The smallest absolute Gasteiger partial charge is 0.0142 e. The van der Waals surface area contributed by atoms with E-state index in [0.717, 1.165) is 12.8 Å². The fourth-order valence-corrected chi connectivity index (χ4v) is 4.15. The van der Waals surface area contributed by atoms with Gasteiger partial charge in [-0.15, -0.1) is 0 Å². The second kappa shape index (κ2) is 5.23. The molecule has 23 heavy (non-hydrogen) atoms. The molecule has 116 valence electrons. The van der Waals surface area contributed by atoms with Crippen molar-refractivity contribution < 1.29 is 0 Å². The number of hydrogen-bond acceptors (Lipinski definition) is 0. The largest absolute Gasteiger partial charge is 0.0805 e. The third-order valence-corrected chi connectivity index (χ3v) is 5.20. The van der Waals surface area contributed by atoms with Crippen LogP contribution in [-0.4, -0.2) is 0 Å². The maximum Gasteiger partial charge on any atom is 0.0142 e. The first-order valence-corrected chi connectivity index (χ1v) is 8.63. The van der Waals surface area contributed by atoms with Gasteiger partial charge in [-0.05, 0) is 46.1 Å². The van der Waals surface area contributed by atoms with E-state index >= 15 is 0 Å². The summed E-state index contributed by atoms with van der Waals surface area (Å²) >= 11 is 0. The minimum Gasteiger partial charge on any atom is -0.0805 e. The molecular weight excluding hydrogens is 276 g/mol. The van der Waals surface area contributed by atoms with Crippen LogP contribution < -0.4 is 0 Å². The zero-order valence-corrected chi connectivity index (χ0v) is 14.3. The lowest BCUT2D eigenvalue weighted by Gasteiger charge is -2.26. The topological polar surface area (TPSA) is 0 Å². The average molecular weight is 300 g/mol. The molecule has 0 fully saturated rings. The van der Waals surface area contributed by atoms with E-state index in [1.54, 1.807) is 11.1 Å². The second-order valence-electron chi connectivity index (χ2n) is 7.82. The van der Waals surface area contributed by atoms with Crippen molar-refractivity contribution in [3.63, 3.8) is 0 Å². The van der Waals surface area contributed by atoms with Gasteiger partial charge in [0.15, 0.2) is 0 Å². The van der Waals surface area contributed by atoms with Crippen molar-refractivity contribution >= 4 is 0 Å². The van der Waals surface area contributed by atoms with Crippen LogP contribution in [0.15, 0.2) is 66.3 Å². The molecule has 1 atom stereocenters. The first-order chi connectivity index (χ1) is 11.1. The van der Waals surface area contributed by atoms with Crippen LogP contribution in [0.1, 0.15) is 56.2 Å². The standard InChI is InChI=1S/C23H24/c1-23(2,3)21-14-8-13-19-17-11-6-7-12-18(17)20(22(19)21)15-16-9-4-5-10-16/h4-9,11-14,20H,10,15H2,1-3H3. The van der Waals surface area contributed by atoms with Crippen molar-refractivity contribution in [3.8, 4) is 11.1 Å². The van der Waals surface area contributed by atoms with E-state index in [1.807, 2.05) is 0 Å². The molecule has 1 unspecified atom stereocenters. The molecule has 0 bridgehead atoms. The molecule has 0 amide bonds. The van der Waals surface area contributed by atoms with Crippen LogP contribution in [0.4, 0.5) is 0 Å². The molecule has 2 aromatic carbocycles. The minimum absolute atomic E-state index is 0.175. The molecule has 2 aromatic rings. The van der Waals surface area contributed by atoms with Crippen molar-refractivity contribution in [3.05, 3.63) is 83.0 Å². The Kier molecular flexibility index (Phi) is 3.30. The third kappa shape index (κ3) is 2.37. The summed E-state index contributed by atoms with van der Waals surface area (Å²) in [6, 6.07) is 15.9. The van der Waals surface area contributed by atoms with E-state index < -0.39 is 0 Å². The van der Waals surface area contributed by atoms with Gasteiger partial charge in [0.05, 0.1) is 0 Å². The summed E-state index contributed by atoms with van der Waals surface area (Å²) in [7, 11) is 0. The molecule has 2 aliphatic rings. The maximum absolute atomic E-state index is 2.33. The molecule has 0 saturated heterocycles. The Morgan fingerprint density at radius 1 is 0.957 bits per heavy atom. The lowest BCUT2D eigenvalue weighted by molar-refractivity contribution is 0.578. The number of rotatable bonds is 2. The fraction of sp³-hybridized carbons (Fsp3) is 0.304. The minimum atomic E-state index is 0.175. The highest BCUT2D eigenvalue weighted by molar-refractivity contribution is 5.80. The molecule has 0 heteroatoms. The van der Waals surface area contributed by atoms with Gasteiger partial charge in [0.25, 0.3) is 0 Å². The van der Waals surface area contributed by atoms with Crippen molar-refractivity contribution in [2.45, 2.75) is 44.9 Å². The molecule has 0 aromatic heterocycles. The monoisotopic (exact) mass is 300 g/mol. The van der Waals surface area contributed by atoms with Gasteiger partial charge in [-0.2, -0.15) is 0 Å². The van der Waals surface area contributed by atoms with Gasteiger partial charge in [0, 0.05) is 5.92 Å². The molecule has 0 heterocycles. The summed E-state index contributed by atoms with van der Waals surface area (Å²) in [5, 5.41) is 0. The molecule has 0 nitrogen and oxygen atoms in total. The summed E-state index contributed by atoms with van der Waals surface area (Å²) < 4.78 is 0. The van der Waals surface area contributed by atoms with Gasteiger partial charge in [-0.1, -0.05) is 87.0 Å². The Hall–Kier alpha value is -2.08.